The van der Waals surface area contributed by atoms with E-state index >= 15 is 0 Å². The Morgan fingerprint density at radius 3 is 2.69 bits per heavy atom. The third-order valence-corrected chi connectivity index (χ3v) is 8.64. The van der Waals surface area contributed by atoms with Crippen molar-refractivity contribution in [3.05, 3.63) is 42.4 Å². The molecular weight excluding hydrogens is 472 g/mol. The molecule has 1 aliphatic carbocycles. The summed E-state index contributed by atoms with van der Waals surface area (Å²) in [5.41, 5.74) is 2.87. The maximum atomic E-state index is 8.95. The van der Waals surface area contributed by atoms with Crippen LogP contribution in [-0.4, -0.2) is 54.9 Å². The zero-order valence-electron chi connectivity index (χ0n) is 21.3. The van der Waals surface area contributed by atoms with Crippen molar-refractivity contribution in [1.29, 1.82) is 5.26 Å². The van der Waals surface area contributed by atoms with Crippen LogP contribution in [-0.2, 0) is 11.5 Å². The first-order valence-electron chi connectivity index (χ1n) is 12.5. The largest absolute Gasteiger partial charge is 0.473 e. The van der Waals surface area contributed by atoms with Gasteiger partial charge < -0.3 is 14.0 Å². The van der Waals surface area contributed by atoms with Crippen molar-refractivity contribution in [2.75, 3.05) is 6.61 Å². The van der Waals surface area contributed by atoms with Crippen LogP contribution in [0.1, 0.15) is 43.6 Å². The molecule has 0 aromatic carbocycles. The van der Waals surface area contributed by atoms with Crippen LogP contribution in [0.25, 0.3) is 16.8 Å². The molecule has 1 saturated carbocycles. The van der Waals surface area contributed by atoms with E-state index in [1.165, 1.54) is 12.4 Å². The van der Waals surface area contributed by atoms with Crippen LogP contribution < -0.4 is 4.74 Å². The second kappa shape index (κ2) is 9.95. The van der Waals surface area contributed by atoms with E-state index < -0.39 is 8.07 Å². The monoisotopic (exact) mass is 504 g/mol. The van der Waals surface area contributed by atoms with Gasteiger partial charge in [-0.3, -0.25) is 4.40 Å². The van der Waals surface area contributed by atoms with Gasteiger partial charge in [0.1, 0.15) is 24.7 Å². The molecule has 3 unspecified atom stereocenters. The van der Waals surface area contributed by atoms with Crippen molar-refractivity contribution in [2.45, 2.75) is 70.6 Å². The van der Waals surface area contributed by atoms with E-state index in [1.807, 2.05) is 16.8 Å². The van der Waals surface area contributed by atoms with Gasteiger partial charge in [0.2, 0.25) is 5.88 Å². The second-order valence-corrected chi connectivity index (χ2v) is 16.3. The first kappa shape index (κ1) is 24.3. The topological polar surface area (TPSA) is 116 Å². The van der Waals surface area contributed by atoms with E-state index in [4.69, 9.17) is 14.7 Å². The number of aromatic nitrogens is 7. The molecule has 4 heterocycles. The molecule has 36 heavy (non-hydrogen) atoms. The average molecular weight is 505 g/mol. The van der Waals surface area contributed by atoms with Gasteiger partial charge in [-0.1, -0.05) is 33.0 Å². The third kappa shape index (κ3) is 4.96. The number of ether oxygens (including phenoxy) is 2. The fourth-order valence-corrected chi connectivity index (χ4v) is 5.71. The zero-order chi connectivity index (χ0) is 25.3. The Hall–Kier alpha value is -3.36. The molecule has 0 amide bonds. The summed E-state index contributed by atoms with van der Waals surface area (Å²) in [5.74, 6) is 1.99. The Kier molecular flexibility index (Phi) is 6.72. The maximum Gasteiger partial charge on any atom is 0.232 e. The fourth-order valence-electron chi connectivity index (χ4n) is 4.95. The van der Waals surface area contributed by atoms with Crippen molar-refractivity contribution >= 4 is 24.9 Å². The highest BCUT2D eigenvalue weighted by molar-refractivity contribution is 6.76. The molecule has 0 bridgehead atoms. The van der Waals surface area contributed by atoms with Crippen LogP contribution in [0.15, 0.2) is 30.9 Å². The van der Waals surface area contributed by atoms with Gasteiger partial charge in [0.05, 0.1) is 24.1 Å². The summed E-state index contributed by atoms with van der Waals surface area (Å²) < 4.78 is 16.3. The van der Waals surface area contributed by atoms with Crippen LogP contribution in [0.5, 0.6) is 5.88 Å². The van der Waals surface area contributed by atoms with E-state index in [0.29, 0.717) is 18.5 Å². The van der Waals surface area contributed by atoms with Gasteiger partial charge >= 0.3 is 0 Å². The van der Waals surface area contributed by atoms with Gasteiger partial charge in [-0.2, -0.15) is 5.26 Å². The number of nitriles is 1. The van der Waals surface area contributed by atoms with Crippen molar-refractivity contribution in [3.63, 3.8) is 0 Å². The average Bonchev–Trinajstić information content (AvgIpc) is 3.57. The van der Waals surface area contributed by atoms with Gasteiger partial charge in [0.25, 0.3) is 0 Å². The van der Waals surface area contributed by atoms with Crippen LogP contribution >= 0.6 is 0 Å². The summed E-state index contributed by atoms with van der Waals surface area (Å²) in [5, 5.41) is 18.0. The smallest absolute Gasteiger partial charge is 0.232 e. The standard InChI is InChI=1S/C25H32N8O2Si/c1-5-17-10-19(35-23-15-27-18(12-26)13-28-23)11-20(17)24-31-30-22-14-29-25-21(33(22)24)6-7-32(25)16-34-8-9-36(2,3)4/h6-7,13-15,17,19-20H,5,8-11,16H2,1-4H3. The minimum Gasteiger partial charge on any atom is -0.473 e. The predicted molar refractivity (Wildman–Crippen MR) is 137 cm³/mol. The van der Waals surface area contributed by atoms with Crippen molar-refractivity contribution in [3.8, 4) is 11.9 Å². The summed E-state index contributed by atoms with van der Waals surface area (Å²) in [4.78, 5) is 13.0. The number of rotatable bonds is 9. The second-order valence-electron chi connectivity index (χ2n) is 10.7. The zero-order valence-corrected chi connectivity index (χ0v) is 22.3. The van der Waals surface area contributed by atoms with Gasteiger partial charge in [0, 0.05) is 26.8 Å². The van der Waals surface area contributed by atoms with Crippen LogP contribution in [0.3, 0.4) is 0 Å². The minimum atomic E-state index is -1.13. The molecular formula is C25H32N8O2Si. The summed E-state index contributed by atoms with van der Waals surface area (Å²) in [7, 11) is -1.13. The quantitative estimate of drug-likeness (QED) is 0.243. The molecule has 0 spiro atoms. The van der Waals surface area contributed by atoms with E-state index in [-0.39, 0.29) is 17.7 Å². The van der Waals surface area contributed by atoms with Gasteiger partial charge in [0.15, 0.2) is 17.0 Å². The Bertz CT molecular complexity index is 1390. The first-order valence-corrected chi connectivity index (χ1v) is 16.2. The molecule has 0 aliphatic heterocycles. The molecule has 0 N–H and O–H groups in total. The molecule has 0 saturated heterocycles. The lowest BCUT2D eigenvalue weighted by Crippen LogP contribution is -2.22. The van der Waals surface area contributed by atoms with E-state index in [2.05, 4.69) is 62.2 Å². The van der Waals surface area contributed by atoms with Crippen LogP contribution in [0.2, 0.25) is 25.7 Å². The van der Waals surface area contributed by atoms with Crippen molar-refractivity contribution in [1.82, 2.24) is 34.1 Å². The summed E-state index contributed by atoms with van der Waals surface area (Å²) in [6.45, 7) is 10.5. The van der Waals surface area contributed by atoms with E-state index in [9.17, 15) is 0 Å². The Morgan fingerprint density at radius 2 is 1.97 bits per heavy atom. The SMILES string of the molecule is CCC1CC(Oc2cnc(C#N)cn2)CC1c1nnc2cnc3c(ccn3COCC[Si](C)(C)C)n12. The van der Waals surface area contributed by atoms with Gasteiger partial charge in [-0.15, -0.1) is 10.2 Å². The Morgan fingerprint density at radius 1 is 1.11 bits per heavy atom. The molecule has 4 aromatic heterocycles. The van der Waals surface area contributed by atoms with E-state index in [1.54, 1.807) is 6.20 Å². The van der Waals surface area contributed by atoms with Crippen LogP contribution in [0.4, 0.5) is 0 Å². The Balaban J connectivity index is 1.37. The van der Waals surface area contributed by atoms with Gasteiger partial charge in [-0.05, 0) is 30.9 Å². The number of hydrogen-bond donors (Lipinski definition) is 0. The summed E-state index contributed by atoms with van der Waals surface area (Å²) >= 11 is 0. The molecule has 5 rings (SSSR count). The van der Waals surface area contributed by atoms with Crippen molar-refractivity contribution in [2.24, 2.45) is 5.92 Å². The Labute approximate surface area is 211 Å². The molecule has 1 fully saturated rings. The van der Waals surface area contributed by atoms with Gasteiger partial charge in [-0.25, -0.2) is 15.0 Å². The molecule has 188 valence electrons. The number of hydrogen-bond acceptors (Lipinski definition) is 8. The third-order valence-electron chi connectivity index (χ3n) is 6.93. The minimum absolute atomic E-state index is 0.00349. The van der Waals surface area contributed by atoms with Crippen LogP contribution in [0, 0.1) is 17.2 Å². The van der Waals surface area contributed by atoms with Crippen molar-refractivity contribution < 1.29 is 9.47 Å². The first-order chi connectivity index (χ1) is 17.4. The highest BCUT2D eigenvalue weighted by atomic mass is 28.3. The number of fused-ring (bicyclic) bond motifs is 3. The molecule has 1 aliphatic rings. The molecule has 10 nitrogen and oxygen atoms in total. The lowest BCUT2D eigenvalue weighted by Gasteiger charge is -2.16. The molecule has 0 radical (unpaired) electrons. The molecule has 11 heteroatoms. The number of nitrogens with zero attached hydrogens (tertiary/aromatic N) is 8. The highest BCUT2D eigenvalue weighted by Gasteiger charge is 2.38. The lowest BCUT2D eigenvalue weighted by atomic mass is 9.93. The fraction of sp³-hybridized carbons (Fsp3) is 0.520. The molecule has 3 atom stereocenters. The predicted octanol–water partition coefficient (Wildman–Crippen LogP) is 4.40. The normalized spacial score (nSPS) is 20.2. The molecule has 4 aromatic rings. The summed E-state index contributed by atoms with van der Waals surface area (Å²) in [6, 6.07) is 5.19. The van der Waals surface area contributed by atoms with E-state index in [0.717, 1.165) is 54.5 Å². The highest BCUT2D eigenvalue weighted by Crippen LogP contribution is 2.42. The summed E-state index contributed by atoms with van der Waals surface area (Å²) in [6.07, 6.45) is 9.49. The lowest BCUT2D eigenvalue weighted by molar-refractivity contribution is 0.0899. The maximum absolute atomic E-state index is 8.95.